The minimum atomic E-state index is -1.26. The highest BCUT2D eigenvalue weighted by atomic mass is 16.5. The summed E-state index contributed by atoms with van der Waals surface area (Å²) < 4.78 is 11.1. The zero-order chi connectivity index (χ0) is 31.9. The maximum absolute atomic E-state index is 11.3. The van der Waals surface area contributed by atoms with E-state index >= 15 is 0 Å². The summed E-state index contributed by atoms with van der Waals surface area (Å²) in [5, 5.41) is 37.0. The second kappa shape index (κ2) is 12.9. The van der Waals surface area contributed by atoms with Crippen LogP contribution in [0.2, 0.25) is 0 Å². The van der Waals surface area contributed by atoms with Crippen molar-refractivity contribution in [2.24, 2.45) is 0 Å². The van der Waals surface area contributed by atoms with Gasteiger partial charge in [0, 0.05) is 34.6 Å². The van der Waals surface area contributed by atoms with E-state index in [0.717, 1.165) is 11.1 Å². The van der Waals surface area contributed by atoms with Gasteiger partial charge >= 0.3 is 11.9 Å². The topological polar surface area (TPSA) is 202 Å². The number of benzene rings is 2. The van der Waals surface area contributed by atoms with Crippen LogP contribution in [0.4, 0.5) is 0 Å². The van der Waals surface area contributed by atoms with Crippen LogP contribution in [0.5, 0.6) is 23.3 Å². The molecule has 4 N–H and O–H groups in total. The number of carboxylic acids is 2. The maximum atomic E-state index is 11.3. The molecule has 0 bridgehead atoms. The molecule has 0 aliphatic heterocycles. The number of rotatable bonds is 7. The Morgan fingerprint density at radius 2 is 1.26 bits per heavy atom. The number of hydrogen-bond donors (Lipinski definition) is 4. The molecule has 2 aromatic carbocycles. The Bertz CT molecular complexity index is 2200. The van der Waals surface area contributed by atoms with Gasteiger partial charge in [-0.25, -0.2) is 24.8 Å². The summed E-state index contributed by atoms with van der Waals surface area (Å²) in [6.45, 7) is 0. The largest absolute Gasteiger partial charge is 0.476 e. The fourth-order valence-corrected chi connectivity index (χ4v) is 3.94. The smallest absolute Gasteiger partial charge is 0.362 e. The van der Waals surface area contributed by atoms with Crippen molar-refractivity contribution >= 4 is 11.9 Å². The fourth-order valence-electron chi connectivity index (χ4n) is 3.94. The summed E-state index contributed by atoms with van der Waals surface area (Å²) in [4.78, 5) is 31.2. The summed E-state index contributed by atoms with van der Waals surface area (Å²) in [6, 6.07) is 20.9. The molecule has 0 amide bonds. The number of aromatic amines is 2. The summed E-state index contributed by atoms with van der Waals surface area (Å²) in [7, 11) is 0. The minimum Gasteiger partial charge on any atom is -0.476 e. The van der Waals surface area contributed by atoms with E-state index in [1.54, 1.807) is 67.0 Å². The molecule has 0 saturated heterocycles. The second-order valence-electron chi connectivity index (χ2n) is 9.21. The van der Waals surface area contributed by atoms with Gasteiger partial charge in [-0.05, 0) is 72.7 Å². The van der Waals surface area contributed by atoms with E-state index in [4.69, 9.17) is 14.6 Å². The first-order chi connectivity index (χ1) is 22.4. The van der Waals surface area contributed by atoms with Crippen LogP contribution in [-0.2, 0) is 0 Å². The molecule has 0 spiro atoms. The molecule has 0 radical (unpaired) electrons. The number of hydrogen-bond acceptors (Lipinski definition) is 10. The zero-order valence-corrected chi connectivity index (χ0v) is 23.3. The lowest BCUT2D eigenvalue weighted by Crippen LogP contribution is -1.99. The van der Waals surface area contributed by atoms with Crippen molar-refractivity contribution in [1.29, 1.82) is 0 Å². The molecule has 6 rings (SSSR count). The van der Waals surface area contributed by atoms with E-state index in [9.17, 15) is 14.7 Å². The van der Waals surface area contributed by atoms with Crippen molar-refractivity contribution in [1.82, 2.24) is 40.8 Å². The molecule has 14 nitrogen and oxygen atoms in total. The molecule has 14 heteroatoms. The van der Waals surface area contributed by atoms with Gasteiger partial charge < -0.3 is 19.7 Å². The predicted octanol–water partition coefficient (Wildman–Crippen LogP) is 4.16. The monoisotopic (exact) mass is 610 g/mol. The highest BCUT2D eigenvalue weighted by Crippen LogP contribution is 2.24. The molecular weight excluding hydrogens is 592 g/mol. The van der Waals surface area contributed by atoms with Crippen molar-refractivity contribution in [2.45, 2.75) is 0 Å². The fraction of sp³-hybridized carbons (Fsp3) is 0. The quantitative estimate of drug-likeness (QED) is 0.188. The van der Waals surface area contributed by atoms with E-state index in [-0.39, 0.29) is 23.1 Å². The molecule has 0 saturated carbocycles. The van der Waals surface area contributed by atoms with Gasteiger partial charge in [0.05, 0.1) is 5.69 Å². The Balaban J connectivity index is 1.14. The summed E-state index contributed by atoms with van der Waals surface area (Å²) >= 11 is 0. The van der Waals surface area contributed by atoms with Gasteiger partial charge in [-0.1, -0.05) is 34.3 Å². The standard InChI is InChI=1S/C32H18N8O6/c41-31(42)27-29(37-39-35-27)45-24-10-7-19(8-11-24)4-5-21-12-14-34-26(17-21)22-13-15-33-23(18-22)9-6-20-2-1-3-25(16-20)46-30-28(32(43)44)36-40-38-30/h1-3,7-8,10-18H,(H,41,42)(H,43,44)(H,35,37,39)(H,36,38,40). The van der Waals surface area contributed by atoms with E-state index in [1.807, 2.05) is 18.2 Å². The van der Waals surface area contributed by atoms with Gasteiger partial charge in [0.25, 0.3) is 11.8 Å². The molecule has 0 unspecified atom stereocenters. The number of pyridine rings is 2. The highest BCUT2D eigenvalue weighted by Gasteiger charge is 2.17. The normalized spacial score (nSPS) is 10.2. The number of nitrogens with zero attached hydrogens (tertiary/aromatic N) is 6. The minimum absolute atomic E-state index is 0.0680. The number of nitrogens with one attached hydrogen (secondary N) is 2. The molecule has 4 heterocycles. The highest BCUT2D eigenvalue weighted by molar-refractivity contribution is 5.88. The Morgan fingerprint density at radius 3 is 1.98 bits per heavy atom. The van der Waals surface area contributed by atoms with Crippen LogP contribution in [0.3, 0.4) is 0 Å². The van der Waals surface area contributed by atoms with Crippen LogP contribution in [0.15, 0.2) is 85.2 Å². The Kier molecular flexibility index (Phi) is 8.07. The third kappa shape index (κ3) is 6.83. The van der Waals surface area contributed by atoms with Gasteiger partial charge in [0.15, 0.2) is 0 Å². The molecular formula is C32H18N8O6. The summed E-state index contributed by atoms with van der Waals surface area (Å²) in [5.41, 5.74) is 3.41. The first-order valence-corrected chi connectivity index (χ1v) is 13.2. The summed E-state index contributed by atoms with van der Waals surface area (Å²) in [6.07, 6.45) is 3.30. The van der Waals surface area contributed by atoms with Crippen molar-refractivity contribution in [2.75, 3.05) is 0 Å². The molecule has 0 atom stereocenters. The lowest BCUT2D eigenvalue weighted by Gasteiger charge is -2.03. The van der Waals surface area contributed by atoms with Crippen LogP contribution in [0.25, 0.3) is 11.3 Å². The molecule has 0 aliphatic carbocycles. The number of aromatic carboxylic acids is 2. The van der Waals surface area contributed by atoms with E-state index in [0.29, 0.717) is 34.0 Å². The molecule has 0 fully saturated rings. The number of ether oxygens (including phenoxy) is 2. The Morgan fingerprint density at radius 1 is 0.630 bits per heavy atom. The van der Waals surface area contributed by atoms with Crippen LogP contribution in [0, 0.1) is 23.7 Å². The lowest BCUT2D eigenvalue weighted by molar-refractivity contribution is 0.0676. The first-order valence-electron chi connectivity index (χ1n) is 13.2. The van der Waals surface area contributed by atoms with Gasteiger partial charge in [-0.15, -0.1) is 10.2 Å². The maximum Gasteiger partial charge on any atom is 0.362 e. The van der Waals surface area contributed by atoms with Crippen LogP contribution < -0.4 is 9.47 Å². The van der Waals surface area contributed by atoms with Crippen molar-refractivity contribution < 1.29 is 29.3 Å². The average Bonchev–Trinajstić information content (AvgIpc) is 3.74. The molecule has 6 aromatic rings. The zero-order valence-electron chi connectivity index (χ0n) is 23.3. The second-order valence-corrected chi connectivity index (χ2v) is 9.21. The SMILES string of the molecule is O=C(O)c1nn[nH]c1Oc1ccc(C#Cc2ccnc(-c3ccnc(C#Cc4cccc(Oc5[nH]nnc5C(=O)O)c4)c3)c2)cc1. The first kappa shape index (κ1) is 28.8. The van der Waals surface area contributed by atoms with E-state index in [2.05, 4.69) is 64.5 Å². The van der Waals surface area contributed by atoms with E-state index in [1.165, 1.54) is 0 Å². The molecule has 222 valence electrons. The average molecular weight is 611 g/mol. The van der Waals surface area contributed by atoms with Crippen LogP contribution in [-0.4, -0.2) is 62.9 Å². The van der Waals surface area contributed by atoms with Crippen LogP contribution in [0.1, 0.15) is 43.4 Å². The van der Waals surface area contributed by atoms with Gasteiger partial charge in [0.2, 0.25) is 11.4 Å². The number of carbonyl (C=O) groups is 2. The third-order valence-electron chi connectivity index (χ3n) is 6.07. The predicted molar refractivity (Wildman–Crippen MR) is 159 cm³/mol. The van der Waals surface area contributed by atoms with Crippen LogP contribution >= 0.6 is 0 Å². The van der Waals surface area contributed by atoms with E-state index < -0.39 is 11.9 Å². The molecule has 4 aromatic heterocycles. The van der Waals surface area contributed by atoms with Crippen molar-refractivity contribution in [3.63, 3.8) is 0 Å². The Labute approximate surface area is 259 Å². The number of carboxylic acid groups (broad SMARTS) is 2. The third-order valence-corrected chi connectivity index (χ3v) is 6.07. The van der Waals surface area contributed by atoms with Gasteiger partial charge in [-0.2, -0.15) is 0 Å². The molecule has 46 heavy (non-hydrogen) atoms. The number of H-pyrrole nitrogens is 2. The molecule has 0 aliphatic rings. The van der Waals surface area contributed by atoms with Gasteiger partial charge in [-0.3, -0.25) is 4.98 Å². The summed E-state index contributed by atoms with van der Waals surface area (Å²) in [5.74, 6) is 10.3. The van der Waals surface area contributed by atoms with Crippen molar-refractivity contribution in [3.05, 3.63) is 119 Å². The Hall–Kier alpha value is -7.32. The van der Waals surface area contributed by atoms with Gasteiger partial charge in [0.1, 0.15) is 17.2 Å². The number of aromatic nitrogens is 8. The lowest BCUT2D eigenvalue weighted by atomic mass is 10.1. The van der Waals surface area contributed by atoms with Crippen molar-refractivity contribution in [3.8, 4) is 58.2 Å².